The van der Waals surface area contributed by atoms with Crippen molar-refractivity contribution in [2.75, 3.05) is 6.61 Å². The van der Waals surface area contributed by atoms with Crippen LogP contribution >= 0.6 is 0 Å². The van der Waals surface area contributed by atoms with Gasteiger partial charge in [0.1, 0.15) is 5.75 Å². The molecule has 4 rings (SSSR count). The Morgan fingerprint density at radius 2 is 1.61 bits per heavy atom. The fourth-order valence-corrected chi connectivity index (χ4v) is 4.10. The predicted octanol–water partition coefficient (Wildman–Crippen LogP) is 6.62. The van der Waals surface area contributed by atoms with Gasteiger partial charge in [0.25, 0.3) is 5.91 Å². The number of hydrogen-bond donors (Lipinski definition) is 1. The van der Waals surface area contributed by atoms with Crippen LogP contribution in [-0.2, 0) is 17.9 Å². The maximum atomic E-state index is 13.8. The Kier molecular flexibility index (Phi) is 9.12. The first-order chi connectivity index (χ1) is 19.0. The molecule has 38 heavy (non-hydrogen) atoms. The fourth-order valence-electron chi connectivity index (χ4n) is 4.10. The molecule has 0 fully saturated rings. The summed E-state index contributed by atoms with van der Waals surface area (Å²) in [6.45, 7) is -0.272. The number of aliphatic carboxylic acids is 1. The molecule has 0 aliphatic carbocycles. The highest BCUT2D eigenvalue weighted by Gasteiger charge is 2.19. The fraction of sp³-hybridized carbons (Fsp3) is 0.219. The highest BCUT2D eigenvalue weighted by Crippen LogP contribution is 2.24. The Labute approximate surface area is 225 Å². The molecule has 6 nitrogen and oxygen atoms in total. The minimum absolute atomic E-state index is 0.154. The van der Waals surface area contributed by atoms with E-state index in [1.54, 1.807) is 29.4 Å². The molecule has 1 N–H and O–H groups in total. The monoisotopic (exact) mass is 509 g/mol. The number of amides is 1. The molecule has 3 aromatic carbocycles. The number of aromatic nitrogens is 1. The standard InChI is InChI=1S/C32H32N2O4/c35-31(36)15-5-2-8-21-38-30-14-7-6-12-29(30)24-34(23-25-10-3-1-4-11-25)32(37)27-18-16-26(17-19-27)28-13-9-20-33-22-28/h1,3-4,6-7,9-14,16-20,22H,2,5,8,15,21,23-24H2,(H,35,36)/i23D. The maximum absolute atomic E-state index is 13.8. The van der Waals surface area contributed by atoms with Gasteiger partial charge in [-0.3, -0.25) is 14.6 Å². The van der Waals surface area contributed by atoms with Crippen LogP contribution in [0, 0.1) is 0 Å². The molecule has 1 heterocycles. The second kappa shape index (κ2) is 13.7. The molecule has 6 heteroatoms. The van der Waals surface area contributed by atoms with E-state index >= 15 is 0 Å². The van der Waals surface area contributed by atoms with E-state index in [1.807, 2.05) is 78.9 Å². The van der Waals surface area contributed by atoms with Crippen LogP contribution in [0.3, 0.4) is 0 Å². The van der Waals surface area contributed by atoms with E-state index in [2.05, 4.69) is 4.98 Å². The zero-order chi connectivity index (χ0) is 27.5. The van der Waals surface area contributed by atoms with Crippen molar-refractivity contribution in [1.29, 1.82) is 0 Å². The summed E-state index contributed by atoms with van der Waals surface area (Å²) in [5.74, 6) is -0.387. The van der Waals surface area contributed by atoms with Gasteiger partial charge in [-0.15, -0.1) is 0 Å². The summed E-state index contributed by atoms with van der Waals surface area (Å²) >= 11 is 0. The van der Waals surface area contributed by atoms with E-state index in [0.717, 1.165) is 35.1 Å². The molecule has 0 saturated heterocycles. The van der Waals surface area contributed by atoms with E-state index in [0.29, 0.717) is 24.3 Å². The Balaban J connectivity index is 1.53. The van der Waals surface area contributed by atoms with Gasteiger partial charge in [0.05, 0.1) is 7.98 Å². The van der Waals surface area contributed by atoms with E-state index in [1.165, 1.54) is 0 Å². The zero-order valence-corrected chi connectivity index (χ0v) is 21.2. The number of carboxylic acid groups (broad SMARTS) is 1. The zero-order valence-electron chi connectivity index (χ0n) is 22.2. The van der Waals surface area contributed by atoms with Gasteiger partial charge in [-0.05, 0) is 60.2 Å². The predicted molar refractivity (Wildman–Crippen MR) is 148 cm³/mol. The quantitative estimate of drug-likeness (QED) is 0.205. The third kappa shape index (κ3) is 7.77. The average molecular weight is 510 g/mol. The summed E-state index contributed by atoms with van der Waals surface area (Å²) in [6.07, 6.45) is 5.76. The normalized spacial score (nSPS) is 11.8. The molecule has 194 valence electrons. The van der Waals surface area contributed by atoms with Crippen molar-refractivity contribution < 1.29 is 20.8 Å². The van der Waals surface area contributed by atoms with Crippen molar-refractivity contribution in [3.8, 4) is 16.9 Å². The smallest absolute Gasteiger partial charge is 0.303 e. The lowest BCUT2D eigenvalue weighted by Gasteiger charge is -2.24. The Hall–Kier alpha value is -4.45. The van der Waals surface area contributed by atoms with Gasteiger partial charge in [0.15, 0.2) is 0 Å². The highest BCUT2D eigenvalue weighted by molar-refractivity contribution is 5.94. The van der Waals surface area contributed by atoms with E-state index in [4.69, 9.17) is 11.2 Å². The summed E-state index contributed by atoms with van der Waals surface area (Å²) in [6, 6.07) is 28.1. The van der Waals surface area contributed by atoms with Gasteiger partial charge in [-0.1, -0.05) is 66.7 Å². The number of rotatable bonds is 13. The molecule has 0 saturated carbocycles. The van der Waals surface area contributed by atoms with Crippen molar-refractivity contribution in [3.63, 3.8) is 0 Å². The van der Waals surface area contributed by atoms with Crippen LogP contribution in [0.1, 0.15) is 48.5 Å². The van der Waals surface area contributed by atoms with Gasteiger partial charge >= 0.3 is 5.97 Å². The first-order valence-electron chi connectivity index (χ1n) is 13.3. The van der Waals surface area contributed by atoms with Gasteiger partial charge in [0, 0.05) is 43.0 Å². The van der Waals surface area contributed by atoms with E-state index in [9.17, 15) is 9.59 Å². The second-order valence-electron chi connectivity index (χ2n) is 8.95. The number of carbonyl (C=O) groups is 2. The number of benzene rings is 3. The number of nitrogens with zero attached hydrogens (tertiary/aromatic N) is 2. The Morgan fingerprint density at radius 1 is 0.842 bits per heavy atom. The average Bonchev–Trinajstić information content (AvgIpc) is 2.98. The van der Waals surface area contributed by atoms with Crippen molar-refractivity contribution in [1.82, 2.24) is 9.88 Å². The molecule has 1 unspecified atom stereocenters. The van der Waals surface area contributed by atoms with Crippen molar-refractivity contribution in [2.24, 2.45) is 0 Å². The minimum Gasteiger partial charge on any atom is -0.493 e. The topological polar surface area (TPSA) is 79.7 Å². The molecule has 0 spiro atoms. The van der Waals surface area contributed by atoms with Crippen LogP contribution in [0.15, 0.2) is 103 Å². The summed E-state index contributed by atoms with van der Waals surface area (Å²) in [5, 5.41) is 8.81. The lowest BCUT2D eigenvalue weighted by Crippen LogP contribution is -2.30. The van der Waals surface area contributed by atoms with Crippen molar-refractivity contribution in [3.05, 3.63) is 120 Å². The molecule has 0 bridgehead atoms. The number of unbranched alkanes of at least 4 members (excludes halogenated alkanes) is 2. The highest BCUT2D eigenvalue weighted by atomic mass is 16.5. The van der Waals surface area contributed by atoms with Crippen LogP contribution < -0.4 is 4.74 Å². The molecule has 1 aromatic heterocycles. The van der Waals surface area contributed by atoms with Crippen LogP contribution in [-0.4, -0.2) is 33.5 Å². The number of carboxylic acids is 1. The Bertz CT molecular complexity index is 1350. The first kappa shape index (κ1) is 25.2. The van der Waals surface area contributed by atoms with Gasteiger partial charge in [-0.25, -0.2) is 0 Å². The molecule has 0 radical (unpaired) electrons. The maximum Gasteiger partial charge on any atom is 0.303 e. The second-order valence-corrected chi connectivity index (χ2v) is 8.95. The molecule has 1 amide bonds. The van der Waals surface area contributed by atoms with Crippen LogP contribution in [0.5, 0.6) is 5.75 Å². The number of carbonyl (C=O) groups excluding carboxylic acids is 1. The van der Waals surface area contributed by atoms with Gasteiger partial charge < -0.3 is 14.7 Å². The lowest BCUT2D eigenvalue weighted by molar-refractivity contribution is -0.137. The third-order valence-corrected chi connectivity index (χ3v) is 6.10. The molecule has 0 aliphatic rings. The number of para-hydroxylation sites is 1. The molecular weight excluding hydrogens is 476 g/mol. The van der Waals surface area contributed by atoms with Crippen LogP contribution in [0.25, 0.3) is 11.1 Å². The largest absolute Gasteiger partial charge is 0.493 e. The summed E-state index contributed by atoms with van der Waals surface area (Å²) in [4.78, 5) is 30.2. The number of pyridine rings is 1. The molecule has 0 aliphatic heterocycles. The number of ether oxygens (including phenoxy) is 1. The van der Waals surface area contributed by atoms with Gasteiger partial charge in [0.2, 0.25) is 0 Å². The first-order valence-corrected chi connectivity index (χ1v) is 12.7. The van der Waals surface area contributed by atoms with Crippen molar-refractivity contribution in [2.45, 2.75) is 38.7 Å². The van der Waals surface area contributed by atoms with E-state index < -0.39 is 12.5 Å². The number of hydrogen-bond acceptors (Lipinski definition) is 4. The molecule has 4 aromatic rings. The minimum atomic E-state index is -0.916. The van der Waals surface area contributed by atoms with E-state index in [-0.39, 0.29) is 18.9 Å². The van der Waals surface area contributed by atoms with Crippen molar-refractivity contribution >= 4 is 11.9 Å². The van der Waals surface area contributed by atoms with Crippen LogP contribution in [0.2, 0.25) is 0 Å². The summed E-state index contributed by atoms with van der Waals surface area (Å²) < 4.78 is 15.0. The summed E-state index contributed by atoms with van der Waals surface area (Å²) in [7, 11) is 0. The summed E-state index contributed by atoms with van der Waals surface area (Å²) in [5.41, 5.74) is 3.93. The Morgan fingerprint density at radius 3 is 2.34 bits per heavy atom. The molecular formula is C32H32N2O4. The molecule has 1 atom stereocenters. The van der Waals surface area contributed by atoms with Gasteiger partial charge in [-0.2, -0.15) is 0 Å². The van der Waals surface area contributed by atoms with Crippen LogP contribution in [0.4, 0.5) is 0 Å². The third-order valence-electron chi connectivity index (χ3n) is 6.10. The SMILES string of the molecule is [2H]C(c1ccccc1)N(Cc1ccccc1OCCCCCC(=O)O)C(=O)c1ccc(-c2cccnc2)cc1. The lowest BCUT2D eigenvalue weighted by atomic mass is 10.0.